The zero-order valence-electron chi connectivity index (χ0n) is 11.2. The van der Waals surface area contributed by atoms with Crippen LogP contribution in [0.25, 0.3) is 0 Å². The van der Waals surface area contributed by atoms with Crippen molar-refractivity contribution in [1.29, 1.82) is 0 Å². The lowest BCUT2D eigenvalue weighted by Crippen LogP contribution is -2.65. The summed E-state index contributed by atoms with van der Waals surface area (Å²) in [5.41, 5.74) is -1.03. The number of ether oxygens (including phenoxy) is 1. The van der Waals surface area contributed by atoms with Crippen molar-refractivity contribution in [2.24, 2.45) is 17.3 Å². The summed E-state index contributed by atoms with van der Waals surface area (Å²) in [6.45, 7) is 5.68. The molecule has 0 aromatic carbocycles. The lowest BCUT2D eigenvalue weighted by Gasteiger charge is -2.54. The minimum atomic E-state index is -0.751. The molecule has 0 aromatic heterocycles. The first kappa shape index (κ1) is 12.6. The fraction of sp³-hybridized carbons (Fsp3) is 0.929. The van der Waals surface area contributed by atoms with Gasteiger partial charge >= 0.3 is 0 Å². The zero-order valence-corrected chi connectivity index (χ0v) is 11.2. The van der Waals surface area contributed by atoms with E-state index in [-0.39, 0.29) is 24.2 Å². The Labute approximate surface area is 107 Å². The quantitative estimate of drug-likeness (QED) is 0.682. The largest absolute Gasteiger partial charge is 0.392 e. The number of carbonyl (C=O) groups excluding carboxylic acids is 1. The number of hydrogen-bond acceptors (Lipinski definition) is 4. The topological polar surface area (TPSA) is 70.1 Å². The third-order valence-corrected chi connectivity index (χ3v) is 5.91. The van der Waals surface area contributed by atoms with Gasteiger partial charge in [-0.1, -0.05) is 13.8 Å². The van der Waals surface area contributed by atoms with Gasteiger partial charge in [0.1, 0.15) is 11.4 Å². The smallest absolute Gasteiger partial charge is 0.136 e. The first-order chi connectivity index (χ1) is 8.35. The first-order valence-corrected chi connectivity index (χ1v) is 6.90. The van der Waals surface area contributed by atoms with Crippen LogP contribution < -0.4 is 0 Å². The lowest BCUT2D eigenvalue weighted by atomic mass is 9.49. The van der Waals surface area contributed by atoms with E-state index in [0.29, 0.717) is 0 Å². The second kappa shape index (κ2) is 3.56. The van der Waals surface area contributed by atoms with Crippen molar-refractivity contribution in [1.82, 2.24) is 0 Å². The number of Topliss-reactive ketones (excluding diaryl/α,β-unsaturated/α-hetero) is 1. The minimum absolute atomic E-state index is 0.0132. The molecule has 102 valence electrons. The molecule has 1 saturated heterocycles. The van der Waals surface area contributed by atoms with Crippen LogP contribution in [-0.2, 0) is 9.53 Å². The summed E-state index contributed by atoms with van der Waals surface area (Å²) in [6, 6.07) is 0. The maximum absolute atomic E-state index is 12.0. The van der Waals surface area contributed by atoms with Crippen molar-refractivity contribution in [3.8, 4) is 0 Å². The molecule has 7 atom stereocenters. The Balaban J connectivity index is 2.10. The molecular weight excluding hydrogens is 232 g/mol. The van der Waals surface area contributed by atoms with Gasteiger partial charge in [-0.05, 0) is 25.7 Å². The van der Waals surface area contributed by atoms with E-state index in [4.69, 9.17) is 4.74 Å². The highest BCUT2D eigenvalue weighted by Crippen LogP contribution is 2.68. The van der Waals surface area contributed by atoms with E-state index in [0.717, 1.165) is 12.8 Å². The Kier molecular flexibility index (Phi) is 2.48. The monoisotopic (exact) mass is 254 g/mol. The second-order valence-electron chi connectivity index (χ2n) is 6.57. The van der Waals surface area contributed by atoms with E-state index >= 15 is 0 Å². The second-order valence-corrected chi connectivity index (χ2v) is 6.57. The summed E-state index contributed by atoms with van der Waals surface area (Å²) in [4.78, 5) is 12.0. The molecule has 3 aliphatic rings. The Morgan fingerprint density at radius 2 is 2.00 bits per heavy atom. The molecule has 0 aromatic rings. The van der Waals surface area contributed by atoms with Gasteiger partial charge in [-0.15, -0.1) is 0 Å². The Hall–Kier alpha value is -0.450. The van der Waals surface area contributed by atoms with E-state index in [1.165, 1.54) is 0 Å². The summed E-state index contributed by atoms with van der Waals surface area (Å²) < 4.78 is 5.87. The standard InChI is InChI=1S/C14H22O4/c1-7-4-5-11-14(18-11)10(17)6-9(16)12(8(2)15)13(7,14)3/h7,9-12,16-17H,4-6H2,1-3H3/t7-,9-,10-,11-,12-,13-,14+/m0/s1. The van der Waals surface area contributed by atoms with Gasteiger partial charge in [-0.2, -0.15) is 0 Å². The van der Waals surface area contributed by atoms with Crippen LogP contribution in [0.5, 0.6) is 0 Å². The molecule has 0 radical (unpaired) electrons. The average molecular weight is 254 g/mol. The zero-order chi connectivity index (χ0) is 13.3. The fourth-order valence-electron chi connectivity index (χ4n) is 4.87. The summed E-state index contributed by atoms with van der Waals surface area (Å²) in [5.74, 6) is -0.129. The molecule has 2 aliphatic carbocycles. The minimum Gasteiger partial charge on any atom is -0.392 e. The molecule has 1 heterocycles. The summed E-state index contributed by atoms with van der Waals surface area (Å²) in [7, 11) is 0. The molecule has 0 unspecified atom stereocenters. The van der Waals surface area contributed by atoms with Gasteiger partial charge < -0.3 is 14.9 Å². The Bertz CT molecular complexity index is 395. The molecule has 2 saturated carbocycles. The molecule has 0 bridgehead atoms. The van der Waals surface area contributed by atoms with Crippen molar-refractivity contribution in [3.05, 3.63) is 0 Å². The Morgan fingerprint density at radius 1 is 1.33 bits per heavy atom. The molecule has 3 rings (SSSR count). The van der Waals surface area contributed by atoms with Crippen LogP contribution in [0.1, 0.15) is 40.0 Å². The molecule has 1 spiro atoms. The maximum atomic E-state index is 12.0. The number of carbonyl (C=O) groups is 1. The van der Waals surface area contributed by atoms with E-state index in [1.54, 1.807) is 6.92 Å². The van der Waals surface area contributed by atoms with Crippen LogP contribution in [0.2, 0.25) is 0 Å². The van der Waals surface area contributed by atoms with E-state index in [2.05, 4.69) is 6.92 Å². The molecule has 4 nitrogen and oxygen atoms in total. The molecule has 3 fully saturated rings. The van der Waals surface area contributed by atoms with Crippen molar-refractivity contribution < 1.29 is 19.7 Å². The highest BCUT2D eigenvalue weighted by atomic mass is 16.6. The van der Waals surface area contributed by atoms with Crippen LogP contribution in [0, 0.1) is 17.3 Å². The molecule has 2 N–H and O–H groups in total. The van der Waals surface area contributed by atoms with Crippen molar-refractivity contribution in [2.75, 3.05) is 0 Å². The van der Waals surface area contributed by atoms with Gasteiger partial charge in [-0.25, -0.2) is 0 Å². The van der Waals surface area contributed by atoms with Gasteiger partial charge in [0.05, 0.1) is 24.2 Å². The SMILES string of the molecule is CC(=O)[C@H]1[C@@H](O)C[C@H](O)[C@@]23O[C@H]2CC[C@H](C)[C@@]13C. The average Bonchev–Trinajstić information content (AvgIpc) is 2.98. The van der Waals surface area contributed by atoms with Crippen molar-refractivity contribution >= 4 is 5.78 Å². The molecule has 1 aliphatic heterocycles. The Morgan fingerprint density at radius 3 is 2.61 bits per heavy atom. The van der Waals surface area contributed by atoms with Crippen LogP contribution in [0.3, 0.4) is 0 Å². The molecule has 4 heteroatoms. The molecule has 18 heavy (non-hydrogen) atoms. The third-order valence-electron chi connectivity index (χ3n) is 5.91. The van der Waals surface area contributed by atoms with E-state index in [1.807, 2.05) is 6.92 Å². The fourth-order valence-corrected chi connectivity index (χ4v) is 4.87. The van der Waals surface area contributed by atoms with Crippen molar-refractivity contribution in [2.45, 2.75) is 63.9 Å². The first-order valence-electron chi connectivity index (χ1n) is 6.90. The lowest BCUT2D eigenvalue weighted by molar-refractivity contribution is -0.171. The van der Waals surface area contributed by atoms with E-state index < -0.39 is 29.1 Å². The van der Waals surface area contributed by atoms with Gasteiger partial charge in [-0.3, -0.25) is 4.79 Å². The predicted molar refractivity (Wildman–Crippen MR) is 64.9 cm³/mol. The maximum Gasteiger partial charge on any atom is 0.136 e. The summed E-state index contributed by atoms with van der Waals surface area (Å²) in [6.07, 6.45) is 0.867. The number of hydrogen-bond donors (Lipinski definition) is 2. The highest BCUT2D eigenvalue weighted by molar-refractivity contribution is 5.80. The van der Waals surface area contributed by atoms with Gasteiger partial charge in [0.2, 0.25) is 0 Å². The van der Waals surface area contributed by atoms with Crippen LogP contribution in [-0.4, -0.2) is 39.9 Å². The van der Waals surface area contributed by atoms with Crippen LogP contribution >= 0.6 is 0 Å². The van der Waals surface area contributed by atoms with Gasteiger partial charge in [0.15, 0.2) is 0 Å². The third kappa shape index (κ3) is 1.19. The predicted octanol–water partition coefficient (Wildman–Crippen LogP) is 0.891. The number of epoxide rings is 1. The number of rotatable bonds is 1. The van der Waals surface area contributed by atoms with Crippen LogP contribution in [0.4, 0.5) is 0 Å². The number of ketones is 1. The number of aliphatic hydroxyl groups is 2. The van der Waals surface area contributed by atoms with Crippen molar-refractivity contribution in [3.63, 3.8) is 0 Å². The van der Waals surface area contributed by atoms with Gasteiger partial charge in [0, 0.05) is 11.8 Å². The number of aliphatic hydroxyl groups excluding tert-OH is 2. The normalized spacial score (nSPS) is 58.6. The van der Waals surface area contributed by atoms with E-state index in [9.17, 15) is 15.0 Å². The van der Waals surface area contributed by atoms with Gasteiger partial charge in [0.25, 0.3) is 0 Å². The molecular formula is C14H22O4. The summed E-state index contributed by atoms with van der Waals surface area (Å²) in [5, 5.41) is 20.6. The molecule has 0 amide bonds. The van der Waals surface area contributed by atoms with Crippen LogP contribution in [0.15, 0.2) is 0 Å². The summed E-state index contributed by atoms with van der Waals surface area (Å²) >= 11 is 0. The highest BCUT2D eigenvalue weighted by Gasteiger charge is 2.78.